The predicted octanol–water partition coefficient (Wildman–Crippen LogP) is 4.00. The van der Waals surface area contributed by atoms with Crippen molar-refractivity contribution < 1.29 is 5.11 Å². The van der Waals surface area contributed by atoms with Crippen LogP contribution >= 0.6 is 0 Å². The summed E-state index contributed by atoms with van der Waals surface area (Å²) in [7, 11) is 0. The van der Waals surface area contributed by atoms with Gasteiger partial charge in [-0.25, -0.2) is 0 Å². The summed E-state index contributed by atoms with van der Waals surface area (Å²) in [5.74, 6) is 1.21. The van der Waals surface area contributed by atoms with Gasteiger partial charge < -0.3 is 10.0 Å². The number of hydrogen-bond acceptors (Lipinski definition) is 3. The number of aliphatic hydroxyl groups excluding tert-OH is 1. The highest BCUT2D eigenvalue weighted by atomic mass is 16.3. The van der Waals surface area contributed by atoms with Crippen molar-refractivity contribution in [3.63, 3.8) is 0 Å². The van der Waals surface area contributed by atoms with E-state index >= 15 is 0 Å². The molecule has 1 aliphatic heterocycles. The molecule has 118 valence electrons. The lowest BCUT2D eigenvalue weighted by Gasteiger charge is -2.24. The molecule has 1 heterocycles. The van der Waals surface area contributed by atoms with Gasteiger partial charge in [0.05, 0.1) is 17.5 Å². The number of amidine groups is 1. The first-order chi connectivity index (χ1) is 9.44. The quantitative estimate of drug-likeness (QED) is 0.615. The Balaban J connectivity index is 2.25. The van der Waals surface area contributed by atoms with Gasteiger partial charge in [-0.05, 0) is 27.2 Å². The van der Waals surface area contributed by atoms with Crippen LogP contribution in [0.5, 0.6) is 0 Å². The van der Waals surface area contributed by atoms with E-state index in [0.29, 0.717) is 0 Å². The van der Waals surface area contributed by atoms with Crippen LogP contribution in [0.1, 0.15) is 79.1 Å². The number of hydrogen-bond donors (Lipinski definition) is 1. The maximum atomic E-state index is 9.60. The Kier molecular flexibility index (Phi) is 7.57. The highest BCUT2D eigenvalue weighted by Gasteiger charge is 2.30. The van der Waals surface area contributed by atoms with Gasteiger partial charge in [0.2, 0.25) is 0 Å². The lowest BCUT2D eigenvalue weighted by atomic mass is 10.1. The highest BCUT2D eigenvalue weighted by molar-refractivity contribution is 5.84. The van der Waals surface area contributed by atoms with Gasteiger partial charge in [0.1, 0.15) is 0 Å². The van der Waals surface area contributed by atoms with E-state index in [1.54, 1.807) is 0 Å². The van der Waals surface area contributed by atoms with E-state index in [9.17, 15) is 5.11 Å². The van der Waals surface area contributed by atoms with Crippen molar-refractivity contribution in [1.29, 1.82) is 0 Å². The summed E-state index contributed by atoms with van der Waals surface area (Å²) in [5, 5.41) is 9.60. The van der Waals surface area contributed by atoms with Crippen LogP contribution in [0.4, 0.5) is 0 Å². The zero-order valence-corrected chi connectivity index (χ0v) is 14.0. The Bertz CT molecular complexity index is 297. The third kappa shape index (κ3) is 6.74. The van der Waals surface area contributed by atoms with Crippen LogP contribution in [0.25, 0.3) is 0 Å². The summed E-state index contributed by atoms with van der Waals surface area (Å²) < 4.78 is 0. The van der Waals surface area contributed by atoms with E-state index in [1.807, 2.05) is 6.92 Å². The third-order valence-corrected chi connectivity index (χ3v) is 3.86. The number of aliphatic hydroxyl groups is 1. The minimum Gasteiger partial charge on any atom is -0.392 e. The van der Waals surface area contributed by atoms with Gasteiger partial charge in [-0.1, -0.05) is 45.4 Å². The minimum absolute atomic E-state index is 0.0192. The van der Waals surface area contributed by atoms with E-state index in [2.05, 4.69) is 25.7 Å². The summed E-state index contributed by atoms with van der Waals surface area (Å²) in [4.78, 5) is 7.11. The minimum atomic E-state index is -0.275. The first-order valence-electron chi connectivity index (χ1n) is 8.46. The molecular formula is C17H34N2O. The number of nitrogens with zero attached hydrogens (tertiary/aromatic N) is 2. The standard InChI is InChI=1S/C17H34N2O/c1-5-6-7-8-9-10-11-12-16-18-17(3,4)14-19(16)13-15(2)20/h15,20H,5-14H2,1-4H3/t15-/m1/s1. The average Bonchev–Trinajstić information content (AvgIpc) is 2.62. The van der Waals surface area contributed by atoms with Crippen LogP contribution in [0.3, 0.4) is 0 Å². The molecule has 0 unspecified atom stereocenters. The summed E-state index contributed by atoms with van der Waals surface area (Å²) in [6, 6.07) is 0. The predicted molar refractivity (Wildman–Crippen MR) is 87.4 cm³/mol. The fraction of sp³-hybridized carbons (Fsp3) is 0.941. The zero-order valence-electron chi connectivity index (χ0n) is 14.0. The van der Waals surface area contributed by atoms with Crippen molar-refractivity contribution in [2.75, 3.05) is 13.1 Å². The molecular weight excluding hydrogens is 248 g/mol. The van der Waals surface area contributed by atoms with Crippen molar-refractivity contribution in [3.8, 4) is 0 Å². The molecule has 1 N–H and O–H groups in total. The van der Waals surface area contributed by atoms with E-state index in [-0.39, 0.29) is 11.6 Å². The van der Waals surface area contributed by atoms with Crippen molar-refractivity contribution in [1.82, 2.24) is 4.90 Å². The van der Waals surface area contributed by atoms with Crippen LogP contribution in [0, 0.1) is 0 Å². The summed E-state index contributed by atoms with van der Waals surface area (Å²) in [5.41, 5.74) is 0.0192. The van der Waals surface area contributed by atoms with Crippen molar-refractivity contribution in [3.05, 3.63) is 0 Å². The van der Waals surface area contributed by atoms with Crippen LogP contribution in [-0.2, 0) is 0 Å². The molecule has 0 bridgehead atoms. The highest BCUT2D eigenvalue weighted by Crippen LogP contribution is 2.23. The summed E-state index contributed by atoms with van der Waals surface area (Å²) in [6.45, 7) is 10.1. The summed E-state index contributed by atoms with van der Waals surface area (Å²) >= 11 is 0. The fourth-order valence-electron chi connectivity index (χ4n) is 2.96. The lowest BCUT2D eigenvalue weighted by Crippen LogP contribution is -2.37. The van der Waals surface area contributed by atoms with Crippen molar-refractivity contribution >= 4 is 5.84 Å². The van der Waals surface area contributed by atoms with Gasteiger partial charge in [0.15, 0.2) is 0 Å². The second-order valence-corrected chi connectivity index (χ2v) is 6.94. The summed E-state index contributed by atoms with van der Waals surface area (Å²) in [6.07, 6.45) is 10.2. The maximum absolute atomic E-state index is 9.60. The Morgan fingerprint density at radius 1 is 1.15 bits per heavy atom. The second-order valence-electron chi connectivity index (χ2n) is 6.94. The van der Waals surface area contributed by atoms with Crippen LogP contribution in [-0.4, -0.2) is 40.6 Å². The third-order valence-electron chi connectivity index (χ3n) is 3.86. The molecule has 1 rings (SSSR count). The Morgan fingerprint density at radius 2 is 1.75 bits per heavy atom. The molecule has 0 saturated carbocycles. The molecule has 0 aromatic carbocycles. The number of rotatable bonds is 10. The van der Waals surface area contributed by atoms with E-state index in [4.69, 9.17) is 4.99 Å². The fourth-order valence-corrected chi connectivity index (χ4v) is 2.96. The lowest BCUT2D eigenvalue weighted by molar-refractivity contribution is 0.157. The molecule has 20 heavy (non-hydrogen) atoms. The van der Waals surface area contributed by atoms with Crippen LogP contribution < -0.4 is 0 Å². The Hall–Kier alpha value is -0.570. The van der Waals surface area contributed by atoms with E-state index in [1.165, 1.54) is 50.8 Å². The molecule has 0 aliphatic carbocycles. The monoisotopic (exact) mass is 282 g/mol. The van der Waals surface area contributed by atoms with Crippen molar-refractivity contribution in [2.24, 2.45) is 4.99 Å². The van der Waals surface area contributed by atoms with Crippen LogP contribution in [0.15, 0.2) is 4.99 Å². The molecule has 0 amide bonds. The Morgan fingerprint density at radius 3 is 2.35 bits per heavy atom. The molecule has 3 nitrogen and oxygen atoms in total. The topological polar surface area (TPSA) is 35.8 Å². The maximum Gasteiger partial charge on any atom is 0.0998 e. The van der Waals surface area contributed by atoms with Crippen LogP contribution in [0.2, 0.25) is 0 Å². The Labute approximate surface area is 125 Å². The molecule has 1 aliphatic rings. The molecule has 0 aromatic rings. The molecule has 3 heteroatoms. The zero-order chi connectivity index (χ0) is 15.0. The number of aliphatic imine (C=N–C) groups is 1. The van der Waals surface area contributed by atoms with Gasteiger partial charge in [-0.3, -0.25) is 4.99 Å². The molecule has 0 aromatic heterocycles. The second kappa shape index (κ2) is 8.66. The molecule has 0 fully saturated rings. The SMILES string of the molecule is CCCCCCCCCC1=NC(C)(C)CN1C[C@@H](C)O. The van der Waals surface area contributed by atoms with Gasteiger partial charge >= 0.3 is 0 Å². The molecule has 0 spiro atoms. The van der Waals surface area contributed by atoms with Gasteiger partial charge in [-0.15, -0.1) is 0 Å². The van der Waals surface area contributed by atoms with E-state index < -0.39 is 0 Å². The van der Waals surface area contributed by atoms with Crippen molar-refractivity contribution in [2.45, 2.75) is 90.7 Å². The first-order valence-corrected chi connectivity index (χ1v) is 8.46. The molecule has 0 saturated heterocycles. The van der Waals surface area contributed by atoms with Gasteiger partial charge in [0, 0.05) is 19.5 Å². The molecule has 0 radical (unpaired) electrons. The van der Waals surface area contributed by atoms with Gasteiger partial charge in [0.25, 0.3) is 0 Å². The smallest absolute Gasteiger partial charge is 0.0998 e. The average molecular weight is 282 g/mol. The first kappa shape index (κ1) is 17.5. The van der Waals surface area contributed by atoms with E-state index in [0.717, 1.165) is 19.5 Å². The normalized spacial score (nSPS) is 19.2. The molecule has 1 atom stereocenters. The number of β-amino-alcohol motifs (C(OH)–C–C–N with tert-alkyl or cyclic N) is 1. The largest absolute Gasteiger partial charge is 0.392 e. The van der Waals surface area contributed by atoms with Gasteiger partial charge in [-0.2, -0.15) is 0 Å². The number of unbranched alkanes of at least 4 members (excludes halogenated alkanes) is 6.